The number of hydrogen-bond acceptors (Lipinski definition) is 7. The third-order valence-corrected chi connectivity index (χ3v) is 19.3. The summed E-state index contributed by atoms with van der Waals surface area (Å²) in [5, 5.41) is 65.1. The molecular weight excluding hydrogens is 1130 g/mol. The van der Waals surface area contributed by atoms with Gasteiger partial charge in [0.15, 0.2) is 0 Å². The van der Waals surface area contributed by atoms with Gasteiger partial charge < -0.3 is 35.0 Å². The largest absolute Gasteiger partial charge is 0.507 e. The van der Waals surface area contributed by atoms with Crippen LogP contribution in [0.3, 0.4) is 0 Å². The lowest BCUT2D eigenvalue weighted by Gasteiger charge is -2.27. The number of phenolic OH excluding ortho intramolecular Hbond substituents is 5. The molecule has 12 rings (SSSR count). The number of rotatable bonds is 0. The van der Waals surface area contributed by atoms with Crippen LogP contribution in [0.25, 0.3) is 0 Å². The molecule has 92 heavy (non-hydrogen) atoms. The van der Waals surface area contributed by atoms with Gasteiger partial charge in [-0.3, -0.25) is 0 Å². The van der Waals surface area contributed by atoms with E-state index in [2.05, 4.69) is 255 Å². The Bertz CT molecular complexity index is 3880. The highest BCUT2D eigenvalue weighted by Crippen LogP contribution is 2.47. The predicted molar refractivity (Wildman–Crippen MR) is 379 cm³/mol. The fraction of sp³-hybridized carbons (Fsp3) is 0.435. The van der Waals surface area contributed by atoms with Gasteiger partial charge in [-0.25, -0.2) is 0 Å². The highest BCUT2D eigenvalue weighted by molar-refractivity contribution is 5.62. The standard InChI is InChI=1S/C85H104O7/c1-79(2,3)65-33-51-26-53-35-66(80(4,5)6)39-57(73(53)87)29-61-43-70(84(16,17)18)45-63-31-59-41-68(82(10,11)12)37-55(75(59)89)28-56-38-69(83(13,14)15)42-60(76(56)90)32-64-46-71(85(19,20)21)44-62(78(64)92-48-50-24-22-49(23-25-50)47-91-77(61)63)30-58-40-67(81(7,8)9)36-54(74(58)88)27-52(34-65)72(51)86/h22-25,33-46,86-90H,26-32,47-48H2,1-21H3. The van der Waals surface area contributed by atoms with Crippen molar-refractivity contribution in [1.82, 2.24) is 0 Å². The van der Waals surface area contributed by atoms with E-state index in [0.29, 0.717) is 70.6 Å². The average Bonchev–Trinajstić information content (AvgIpc) is 0.807. The summed E-state index contributed by atoms with van der Waals surface area (Å²) in [6.45, 7) is 46.8. The first kappa shape index (κ1) is 67.3. The molecule has 0 saturated carbocycles. The van der Waals surface area contributed by atoms with Gasteiger partial charge >= 0.3 is 0 Å². The molecule has 0 aromatic heterocycles. The first-order valence-corrected chi connectivity index (χ1v) is 33.4. The third-order valence-electron chi connectivity index (χ3n) is 19.3. The van der Waals surface area contributed by atoms with Crippen molar-refractivity contribution < 1.29 is 35.0 Å². The van der Waals surface area contributed by atoms with Gasteiger partial charge in [-0.2, -0.15) is 0 Å². The molecule has 0 aliphatic carbocycles. The molecule has 0 spiro atoms. The number of ether oxygens (including phenoxy) is 2. The molecule has 5 N–H and O–H groups in total. The zero-order chi connectivity index (χ0) is 67.3. The van der Waals surface area contributed by atoms with Gasteiger partial charge in [0.05, 0.1) is 0 Å². The maximum absolute atomic E-state index is 13.1. The molecule has 14 bridgehead atoms. The summed E-state index contributed by atoms with van der Waals surface area (Å²) in [6, 6.07) is 38.6. The molecule has 0 saturated heterocycles. The lowest BCUT2D eigenvalue weighted by molar-refractivity contribution is 0.296. The quantitative estimate of drug-likeness (QED) is 0.103. The molecule has 4 aliphatic heterocycles. The summed E-state index contributed by atoms with van der Waals surface area (Å²) in [5.41, 5.74) is 17.9. The minimum absolute atomic E-state index is 0.132. The SMILES string of the molecule is CC(C)(C)c1cc2c(O)c(c1)Cc1cc(C(C)(C)C)cc(c1O)Cc1cc(C(C)(C)C)cc3c1OCc1ccc(cc1)COc1c(cc(C(C)(C)C)cc1Cc1cc(C(C)(C)C)cc(c1O)Cc1cc(C(C)(C)C)cc(c1O)C3)Cc1cc(C(C)(C)C)cc(c1O)C2. The van der Waals surface area contributed by atoms with E-state index < -0.39 is 0 Å². The number of aromatic hydroxyl groups is 5. The molecule has 0 unspecified atom stereocenters. The van der Waals surface area contributed by atoms with Crippen LogP contribution in [0.1, 0.15) is 273 Å². The fourth-order valence-corrected chi connectivity index (χ4v) is 13.1. The molecular formula is C85H104O7. The van der Waals surface area contributed by atoms with Gasteiger partial charge in [-0.15, -0.1) is 0 Å². The van der Waals surface area contributed by atoms with E-state index in [1.807, 2.05) is 0 Å². The van der Waals surface area contributed by atoms with Gasteiger partial charge in [-0.1, -0.05) is 255 Å². The van der Waals surface area contributed by atoms with E-state index >= 15 is 0 Å². The molecule has 8 aromatic carbocycles. The summed E-state index contributed by atoms with van der Waals surface area (Å²) in [4.78, 5) is 0. The van der Waals surface area contributed by atoms with Crippen molar-refractivity contribution in [1.29, 1.82) is 0 Å². The van der Waals surface area contributed by atoms with Crippen molar-refractivity contribution in [2.45, 2.75) is 241 Å². The van der Waals surface area contributed by atoms with Crippen molar-refractivity contribution >= 4 is 0 Å². The second kappa shape index (κ2) is 24.0. The number of hydrogen-bond donors (Lipinski definition) is 5. The maximum atomic E-state index is 13.1. The van der Waals surface area contributed by atoms with Crippen LogP contribution in [0.2, 0.25) is 0 Å². The summed E-state index contributed by atoms with van der Waals surface area (Å²) in [6.07, 6.45) is 2.08. The van der Waals surface area contributed by atoms with E-state index in [4.69, 9.17) is 9.47 Å². The second-order valence-electron chi connectivity index (χ2n) is 34.3. The lowest BCUT2D eigenvalue weighted by Crippen LogP contribution is -2.16. The number of benzene rings is 8. The molecule has 4 heterocycles. The van der Waals surface area contributed by atoms with Crippen molar-refractivity contribution in [3.8, 4) is 40.2 Å². The van der Waals surface area contributed by atoms with Crippen LogP contribution in [0.5, 0.6) is 40.2 Å². The Morgan fingerprint density at radius 2 is 0.348 bits per heavy atom. The molecule has 0 radical (unpaired) electrons. The van der Waals surface area contributed by atoms with Gasteiger partial charge in [0.2, 0.25) is 0 Å². The molecule has 486 valence electrons. The van der Waals surface area contributed by atoms with E-state index in [0.717, 1.165) is 94.6 Å². The predicted octanol–water partition coefficient (Wildman–Crippen LogP) is 20.2. The minimum atomic E-state index is -0.323. The Hall–Kier alpha value is -7.64. The molecule has 7 heteroatoms. The number of phenols is 5. The average molecular weight is 1240 g/mol. The fourth-order valence-electron chi connectivity index (χ4n) is 13.1. The van der Waals surface area contributed by atoms with Crippen LogP contribution in [0, 0.1) is 0 Å². The highest BCUT2D eigenvalue weighted by Gasteiger charge is 2.31. The molecule has 0 fully saturated rings. The van der Waals surface area contributed by atoms with Crippen LogP contribution < -0.4 is 9.47 Å². The Morgan fingerprint density at radius 1 is 0.217 bits per heavy atom. The van der Waals surface area contributed by atoms with Gasteiger partial charge in [-0.05, 0) is 166 Å². The Kier molecular flexibility index (Phi) is 17.6. The van der Waals surface area contributed by atoms with E-state index in [1.165, 1.54) is 0 Å². The first-order valence-electron chi connectivity index (χ1n) is 33.4. The first-order chi connectivity index (χ1) is 42.5. The molecule has 8 aromatic rings. The monoisotopic (exact) mass is 1240 g/mol. The van der Waals surface area contributed by atoms with Crippen LogP contribution in [0.15, 0.2) is 109 Å². The second-order valence-corrected chi connectivity index (χ2v) is 34.3. The molecule has 4 aliphatic rings. The van der Waals surface area contributed by atoms with Gasteiger partial charge in [0.25, 0.3) is 0 Å². The Balaban J connectivity index is 1.35. The minimum Gasteiger partial charge on any atom is -0.507 e. The van der Waals surface area contributed by atoms with E-state index in [1.54, 1.807) is 0 Å². The summed E-state index contributed by atoms with van der Waals surface area (Å²) in [5.74, 6) is 2.17. The Labute approximate surface area is 551 Å². The van der Waals surface area contributed by atoms with E-state index in [9.17, 15) is 25.5 Å². The normalized spacial score (nSPS) is 14.6. The smallest absolute Gasteiger partial charge is 0.126 e. The van der Waals surface area contributed by atoms with Gasteiger partial charge in [0.1, 0.15) is 53.5 Å². The van der Waals surface area contributed by atoms with E-state index in [-0.39, 0.29) is 99.1 Å². The summed E-state index contributed by atoms with van der Waals surface area (Å²) < 4.78 is 14.6. The Morgan fingerprint density at radius 3 is 0.489 bits per heavy atom. The van der Waals surface area contributed by atoms with Crippen molar-refractivity contribution in [3.63, 3.8) is 0 Å². The van der Waals surface area contributed by atoms with Crippen molar-refractivity contribution in [3.05, 3.63) is 237 Å². The maximum Gasteiger partial charge on any atom is 0.126 e. The lowest BCUT2D eigenvalue weighted by atomic mass is 9.79. The third kappa shape index (κ3) is 14.4. The zero-order valence-corrected chi connectivity index (χ0v) is 59.3. The van der Waals surface area contributed by atoms with Crippen LogP contribution in [-0.4, -0.2) is 25.5 Å². The van der Waals surface area contributed by atoms with Gasteiger partial charge in [0, 0.05) is 44.9 Å². The molecule has 0 atom stereocenters. The zero-order valence-electron chi connectivity index (χ0n) is 59.3. The van der Waals surface area contributed by atoms with Crippen molar-refractivity contribution in [2.75, 3.05) is 0 Å². The van der Waals surface area contributed by atoms with Crippen LogP contribution in [0.4, 0.5) is 0 Å². The summed E-state index contributed by atoms with van der Waals surface area (Å²) in [7, 11) is 0. The summed E-state index contributed by atoms with van der Waals surface area (Å²) >= 11 is 0. The van der Waals surface area contributed by atoms with Crippen molar-refractivity contribution in [2.24, 2.45) is 0 Å². The topological polar surface area (TPSA) is 120 Å². The van der Waals surface area contributed by atoms with Crippen LogP contribution >= 0.6 is 0 Å². The van der Waals surface area contributed by atoms with Crippen LogP contribution in [-0.2, 0) is 96.1 Å². The molecule has 0 amide bonds. The molecule has 7 nitrogen and oxygen atoms in total. The highest BCUT2D eigenvalue weighted by atomic mass is 16.5.